The Labute approximate surface area is 128 Å². The summed E-state index contributed by atoms with van der Waals surface area (Å²) in [5.74, 6) is 3.34. The van der Waals surface area contributed by atoms with Crippen molar-refractivity contribution in [2.45, 2.75) is 19.5 Å². The summed E-state index contributed by atoms with van der Waals surface area (Å²) < 4.78 is 7.03. The van der Waals surface area contributed by atoms with Gasteiger partial charge in [0.2, 0.25) is 0 Å². The first kappa shape index (κ1) is 14.0. The first-order chi connectivity index (χ1) is 10.7. The molecule has 0 unspecified atom stereocenters. The van der Waals surface area contributed by atoms with Gasteiger partial charge in [0, 0.05) is 0 Å². The van der Waals surface area contributed by atoms with Crippen molar-refractivity contribution in [1.82, 2.24) is 14.9 Å². The quantitative estimate of drug-likeness (QED) is 0.752. The second-order valence-electron chi connectivity index (χ2n) is 4.92. The van der Waals surface area contributed by atoms with Gasteiger partial charge in [0.05, 0.1) is 29.9 Å². The Morgan fingerprint density at radius 2 is 2.23 bits per heavy atom. The fraction of sp³-hybridized carbons (Fsp3) is 0.176. The number of aromatic nitrogens is 2. The van der Waals surface area contributed by atoms with E-state index in [1.54, 1.807) is 12.1 Å². The number of terminal acetylenes is 1. The Morgan fingerprint density at radius 3 is 2.95 bits per heavy atom. The average Bonchev–Trinajstić information content (AvgIpc) is 3.16. The maximum Gasteiger partial charge on any atom is 0.287 e. The Bertz CT molecular complexity index is 841. The molecule has 2 heterocycles. The van der Waals surface area contributed by atoms with Crippen LogP contribution in [0.15, 0.2) is 47.1 Å². The van der Waals surface area contributed by atoms with Crippen molar-refractivity contribution in [1.29, 1.82) is 0 Å². The second kappa shape index (κ2) is 5.78. The van der Waals surface area contributed by atoms with E-state index < -0.39 is 0 Å². The van der Waals surface area contributed by atoms with Gasteiger partial charge in [-0.3, -0.25) is 4.79 Å². The summed E-state index contributed by atoms with van der Waals surface area (Å²) in [6, 6.07) is 10.7. The number of fused-ring (bicyclic) bond motifs is 1. The molecule has 2 aromatic heterocycles. The van der Waals surface area contributed by atoms with E-state index in [0.717, 1.165) is 16.9 Å². The smallest absolute Gasteiger partial charge is 0.287 e. The van der Waals surface area contributed by atoms with Crippen molar-refractivity contribution in [3.63, 3.8) is 0 Å². The standard InChI is InChI=1S/C17H15N3O2/c1-3-10-20-14-8-5-4-7-13(14)19-16(20)12(2)18-17(21)15-9-6-11-22-15/h1,4-9,11-12H,10H2,2H3,(H,18,21)/t12-/m0/s1. The summed E-state index contributed by atoms with van der Waals surface area (Å²) in [6.07, 6.45) is 6.92. The van der Waals surface area contributed by atoms with Crippen molar-refractivity contribution in [3.05, 3.63) is 54.2 Å². The Kier molecular flexibility index (Phi) is 3.67. The number of imidazole rings is 1. The van der Waals surface area contributed by atoms with Crippen molar-refractivity contribution in [2.24, 2.45) is 0 Å². The molecule has 1 N–H and O–H groups in total. The number of hydrogen-bond donors (Lipinski definition) is 1. The first-order valence-electron chi connectivity index (χ1n) is 6.93. The van der Waals surface area contributed by atoms with E-state index in [0.29, 0.717) is 6.54 Å². The summed E-state index contributed by atoms with van der Waals surface area (Å²) in [5, 5.41) is 2.87. The SMILES string of the molecule is C#CCn1c([C@H](C)NC(=O)c2ccco2)nc2ccccc21. The Hall–Kier alpha value is -3.00. The summed E-state index contributed by atoms with van der Waals surface area (Å²) in [7, 11) is 0. The normalized spacial score (nSPS) is 12.0. The number of hydrogen-bond acceptors (Lipinski definition) is 3. The lowest BCUT2D eigenvalue weighted by atomic mass is 10.3. The highest BCUT2D eigenvalue weighted by Crippen LogP contribution is 2.21. The van der Waals surface area contributed by atoms with E-state index in [2.05, 4.69) is 16.2 Å². The molecule has 22 heavy (non-hydrogen) atoms. The van der Waals surface area contributed by atoms with Gasteiger partial charge < -0.3 is 14.3 Å². The molecule has 0 saturated heterocycles. The molecule has 0 spiro atoms. The Morgan fingerprint density at radius 1 is 1.41 bits per heavy atom. The molecule has 0 aliphatic carbocycles. The monoisotopic (exact) mass is 293 g/mol. The largest absolute Gasteiger partial charge is 0.459 e. The molecule has 1 amide bonds. The molecule has 0 saturated carbocycles. The lowest BCUT2D eigenvalue weighted by Crippen LogP contribution is -2.28. The zero-order valence-corrected chi connectivity index (χ0v) is 12.1. The van der Waals surface area contributed by atoms with E-state index >= 15 is 0 Å². The predicted molar refractivity (Wildman–Crippen MR) is 83.2 cm³/mol. The van der Waals surface area contributed by atoms with Crippen LogP contribution in [0.1, 0.15) is 29.3 Å². The molecule has 0 aliphatic rings. The minimum atomic E-state index is -0.293. The third-order valence-corrected chi connectivity index (χ3v) is 3.41. The maximum atomic E-state index is 12.1. The average molecular weight is 293 g/mol. The van der Waals surface area contributed by atoms with Gasteiger partial charge in [-0.05, 0) is 31.2 Å². The molecule has 0 fully saturated rings. The minimum Gasteiger partial charge on any atom is -0.459 e. The fourth-order valence-electron chi connectivity index (χ4n) is 2.42. The molecular formula is C17H15N3O2. The van der Waals surface area contributed by atoms with Crippen LogP contribution in [0, 0.1) is 12.3 Å². The minimum absolute atomic E-state index is 0.270. The molecule has 5 heteroatoms. The second-order valence-corrected chi connectivity index (χ2v) is 4.92. The molecular weight excluding hydrogens is 278 g/mol. The number of nitrogens with one attached hydrogen (secondary N) is 1. The number of nitrogens with zero attached hydrogens (tertiary/aromatic N) is 2. The van der Waals surface area contributed by atoms with E-state index in [1.165, 1.54) is 6.26 Å². The number of furan rings is 1. The van der Waals surface area contributed by atoms with Gasteiger partial charge in [0.15, 0.2) is 5.76 Å². The molecule has 1 atom stereocenters. The van der Waals surface area contributed by atoms with Crippen LogP contribution in [-0.4, -0.2) is 15.5 Å². The van der Waals surface area contributed by atoms with Crippen LogP contribution in [0.5, 0.6) is 0 Å². The van der Waals surface area contributed by atoms with Gasteiger partial charge in [0.1, 0.15) is 5.82 Å². The van der Waals surface area contributed by atoms with E-state index in [-0.39, 0.29) is 17.7 Å². The summed E-state index contributed by atoms with van der Waals surface area (Å²) in [4.78, 5) is 16.7. The van der Waals surface area contributed by atoms with Crippen LogP contribution in [0.3, 0.4) is 0 Å². The van der Waals surface area contributed by atoms with Crippen LogP contribution in [-0.2, 0) is 6.54 Å². The molecule has 1 aromatic carbocycles. The highest BCUT2D eigenvalue weighted by molar-refractivity contribution is 5.91. The summed E-state index contributed by atoms with van der Waals surface area (Å²) in [6.45, 7) is 2.27. The van der Waals surface area contributed by atoms with Crippen molar-refractivity contribution >= 4 is 16.9 Å². The third kappa shape index (κ3) is 2.47. The highest BCUT2D eigenvalue weighted by atomic mass is 16.3. The zero-order chi connectivity index (χ0) is 15.5. The van der Waals surface area contributed by atoms with Gasteiger partial charge in [-0.2, -0.15) is 0 Å². The van der Waals surface area contributed by atoms with Gasteiger partial charge in [-0.1, -0.05) is 18.1 Å². The maximum absolute atomic E-state index is 12.1. The summed E-state index contributed by atoms with van der Waals surface area (Å²) >= 11 is 0. The molecule has 110 valence electrons. The van der Waals surface area contributed by atoms with Gasteiger partial charge in [-0.15, -0.1) is 6.42 Å². The Balaban J connectivity index is 1.93. The number of benzene rings is 1. The van der Waals surface area contributed by atoms with Crippen LogP contribution < -0.4 is 5.32 Å². The van der Waals surface area contributed by atoms with E-state index in [1.807, 2.05) is 35.8 Å². The number of amides is 1. The van der Waals surface area contributed by atoms with E-state index in [9.17, 15) is 4.79 Å². The number of rotatable bonds is 4. The molecule has 0 bridgehead atoms. The zero-order valence-electron chi connectivity index (χ0n) is 12.1. The number of carbonyl (C=O) groups excluding carboxylic acids is 1. The van der Waals surface area contributed by atoms with Crippen molar-refractivity contribution in [3.8, 4) is 12.3 Å². The van der Waals surface area contributed by atoms with E-state index in [4.69, 9.17) is 10.8 Å². The molecule has 0 aliphatic heterocycles. The van der Waals surface area contributed by atoms with Crippen molar-refractivity contribution < 1.29 is 9.21 Å². The van der Waals surface area contributed by atoms with Gasteiger partial charge >= 0.3 is 0 Å². The fourth-order valence-corrected chi connectivity index (χ4v) is 2.42. The molecule has 5 nitrogen and oxygen atoms in total. The third-order valence-electron chi connectivity index (χ3n) is 3.41. The number of carbonyl (C=O) groups is 1. The lowest BCUT2D eigenvalue weighted by Gasteiger charge is -2.14. The molecule has 3 rings (SSSR count). The predicted octanol–water partition coefficient (Wildman–Crippen LogP) is 2.75. The molecule has 3 aromatic rings. The van der Waals surface area contributed by atoms with Crippen molar-refractivity contribution in [2.75, 3.05) is 0 Å². The van der Waals surface area contributed by atoms with Crippen LogP contribution in [0.25, 0.3) is 11.0 Å². The first-order valence-corrected chi connectivity index (χ1v) is 6.93. The topological polar surface area (TPSA) is 60.1 Å². The number of para-hydroxylation sites is 2. The van der Waals surface area contributed by atoms with Crippen LogP contribution in [0.2, 0.25) is 0 Å². The summed E-state index contributed by atoms with van der Waals surface area (Å²) in [5.41, 5.74) is 1.81. The van der Waals surface area contributed by atoms with Crippen LogP contribution >= 0.6 is 0 Å². The van der Waals surface area contributed by atoms with Crippen LogP contribution in [0.4, 0.5) is 0 Å². The lowest BCUT2D eigenvalue weighted by molar-refractivity contribution is 0.0910. The van der Waals surface area contributed by atoms with Gasteiger partial charge in [-0.25, -0.2) is 4.98 Å². The highest BCUT2D eigenvalue weighted by Gasteiger charge is 2.19. The molecule has 0 radical (unpaired) electrons. The van der Waals surface area contributed by atoms with Gasteiger partial charge in [0.25, 0.3) is 5.91 Å².